The number of ketones is 1. The Hall–Kier alpha value is -3.72. The van der Waals surface area contributed by atoms with Gasteiger partial charge in [-0.3, -0.25) is 4.79 Å². The second-order valence-electron chi connectivity index (χ2n) is 9.59. The quantitative estimate of drug-likeness (QED) is 0.389. The van der Waals surface area contributed by atoms with Crippen LogP contribution in [0.3, 0.4) is 0 Å². The molecule has 1 N–H and O–H groups in total. The van der Waals surface area contributed by atoms with Gasteiger partial charge in [-0.1, -0.05) is 60.2 Å². The first-order valence-corrected chi connectivity index (χ1v) is 14.1. The number of aliphatic hydroxyl groups is 1. The zero-order valence-corrected chi connectivity index (χ0v) is 23.1. The highest BCUT2D eigenvalue weighted by molar-refractivity contribution is 7.89. The lowest BCUT2D eigenvalue weighted by molar-refractivity contribution is -0.127. The number of aryl methyl sites for hydroxylation is 1. The van der Waals surface area contributed by atoms with Crippen molar-refractivity contribution in [2.75, 3.05) is 27.3 Å². The minimum atomic E-state index is -3.85. The zero-order valence-electron chi connectivity index (χ0n) is 22.3. The number of allylic oxidation sites excluding steroid dienone is 1. The van der Waals surface area contributed by atoms with Gasteiger partial charge in [-0.05, 0) is 66.9 Å². The number of rotatable bonds is 9. The molecule has 1 saturated heterocycles. The molecule has 3 aromatic rings. The number of hydrogen-bond acceptors (Lipinski definition) is 6. The van der Waals surface area contributed by atoms with Crippen molar-refractivity contribution in [2.45, 2.75) is 23.8 Å². The number of methoxy groups -OCH3 is 2. The lowest BCUT2D eigenvalue weighted by Crippen LogP contribution is -2.54. The maximum absolute atomic E-state index is 13.5. The third-order valence-electron chi connectivity index (χ3n) is 6.99. The first-order valence-electron chi connectivity index (χ1n) is 12.6. The van der Waals surface area contributed by atoms with Crippen LogP contribution in [-0.4, -0.2) is 56.5 Å². The van der Waals surface area contributed by atoms with E-state index in [9.17, 15) is 18.3 Å². The van der Waals surface area contributed by atoms with Gasteiger partial charge in [0.15, 0.2) is 5.78 Å². The predicted octanol–water partition coefficient (Wildman–Crippen LogP) is 4.75. The average molecular weight is 548 g/mol. The molecule has 204 valence electrons. The van der Waals surface area contributed by atoms with Gasteiger partial charge >= 0.3 is 0 Å². The average Bonchev–Trinajstić information content (AvgIpc) is 2.95. The molecule has 7 nitrogen and oxygen atoms in total. The summed E-state index contributed by atoms with van der Waals surface area (Å²) in [6.45, 7) is 1.81. The van der Waals surface area contributed by atoms with E-state index in [4.69, 9.17) is 9.47 Å². The first-order chi connectivity index (χ1) is 18.6. The summed E-state index contributed by atoms with van der Waals surface area (Å²) in [7, 11) is -0.688. The molecule has 39 heavy (non-hydrogen) atoms. The molecule has 0 radical (unpaired) electrons. The highest BCUT2D eigenvalue weighted by atomic mass is 32.2. The molecule has 0 spiro atoms. The first kappa shape index (κ1) is 28.3. The molecule has 8 heteroatoms. The molecule has 0 aromatic heterocycles. The van der Waals surface area contributed by atoms with Crippen molar-refractivity contribution in [1.29, 1.82) is 0 Å². The zero-order chi connectivity index (χ0) is 28.0. The fourth-order valence-corrected chi connectivity index (χ4v) is 5.96. The maximum atomic E-state index is 13.5. The molecule has 0 saturated carbocycles. The third kappa shape index (κ3) is 6.65. The molecule has 1 fully saturated rings. The number of benzene rings is 3. The predicted molar refractivity (Wildman–Crippen MR) is 152 cm³/mol. The van der Waals surface area contributed by atoms with Gasteiger partial charge in [-0.25, -0.2) is 8.42 Å². The number of piperidine rings is 1. The molecule has 1 heterocycles. The summed E-state index contributed by atoms with van der Waals surface area (Å²) in [6.07, 6.45) is 6.48. The summed E-state index contributed by atoms with van der Waals surface area (Å²) in [6, 6.07) is 21.1. The van der Waals surface area contributed by atoms with Gasteiger partial charge in [0.2, 0.25) is 10.0 Å². The van der Waals surface area contributed by atoms with Crippen molar-refractivity contribution < 1.29 is 27.8 Å². The molecule has 1 aliphatic rings. The molecule has 0 aliphatic carbocycles. The fourth-order valence-electron chi connectivity index (χ4n) is 4.51. The van der Waals surface area contributed by atoms with E-state index in [0.29, 0.717) is 11.5 Å². The fraction of sp³-hybridized carbons (Fsp3) is 0.258. The van der Waals surface area contributed by atoms with Crippen LogP contribution >= 0.6 is 0 Å². The number of nitrogens with zero attached hydrogens (tertiary/aromatic N) is 1. The topological polar surface area (TPSA) is 93.1 Å². The molecule has 4 rings (SSSR count). The SMILES string of the molecule is COc1ccc(/C=C/C(=O)[C@@H]2CN(S(=O)(=O)c3ccc(C)cc3)CC[C@@]2(O)/C=C/c2ccc(OC)cc2)cc1. The Bertz CT molecular complexity index is 1440. The molecular weight excluding hydrogens is 514 g/mol. The smallest absolute Gasteiger partial charge is 0.243 e. The minimum absolute atomic E-state index is 0.0670. The molecule has 1 aliphatic heterocycles. The summed E-state index contributed by atoms with van der Waals surface area (Å²) >= 11 is 0. The van der Waals surface area contributed by atoms with E-state index in [1.807, 2.05) is 31.2 Å². The van der Waals surface area contributed by atoms with Crippen LogP contribution in [0.25, 0.3) is 12.2 Å². The van der Waals surface area contributed by atoms with Crippen molar-refractivity contribution in [1.82, 2.24) is 4.31 Å². The van der Waals surface area contributed by atoms with E-state index in [-0.39, 0.29) is 30.2 Å². The lowest BCUT2D eigenvalue weighted by atomic mass is 9.78. The second kappa shape index (κ2) is 12.0. The third-order valence-corrected chi connectivity index (χ3v) is 8.87. The van der Waals surface area contributed by atoms with Crippen molar-refractivity contribution in [3.63, 3.8) is 0 Å². The van der Waals surface area contributed by atoms with Crippen LogP contribution < -0.4 is 9.47 Å². The Balaban J connectivity index is 1.63. The van der Waals surface area contributed by atoms with E-state index in [2.05, 4.69) is 0 Å². The number of ether oxygens (including phenoxy) is 2. The highest BCUT2D eigenvalue weighted by Gasteiger charge is 2.46. The van der Waals surface area contributed by atoms with E-state index < -0.39 is 21.5 Å². The maximum Gasteiger partial charge on any atom is 0.243 e. The molecular formula is C31H33NO6S. The Morgan fingerprint density at radius 2 is 1.44 bits per heavy atom. The van der Waals surface area contributed by atoms with Crippen LogP contribution in [0.4, 0.5) is 0 Å². The summed E-state index contributed by atoms with van der Waals surface area (Å²) in [4.78, 5) is 13.7. The largest absolute Gasteiger partial charge is 0.497 e. The van der Waals surface area contributed by atoms with Gasteiger partial charge in [0.05, 0.1) is 30.6 Å². The second-order valence-corrected chi connectivity index (χ2v) is 11.5. The van der Waals surface area contributed by atoms with Gasteiger partial charge in [-0.15, -0.1) is 0 Å². The number of sulfonamides is 1. The Kier molecular flexibility index (Phi) is 8.70. The van der Waals surface area contributed by atoms with E-state index >= 15 is 0 Å². The molecule has 2 atom stereocenters. The highest BCUT2D eigenvalue weighted by Crippen LogP contribution is 2.34. The Morgan fingerprint density at radius 3 is 1.97 bits per heavy atom. The molecule has 0 unspecified atom stereocenters. The van der Waals surface area contributed by atoms with Crippen LogP contribution in [0.2, 0.25) is 0 Å². The monoisotopic (exact) mass is 547 g/mol. The summed E-state index contributed by atoms with van der Waals surface area (Å²) in [5.41, 5.74) is 1.00. The van der Waals surface area contributed by atoms with E-state index in [0.717, 1.165) is 16.7 Å². The van der Waals surface area contributed by atoms with Crippen LogP contribution in [-0.2, 0) is 14.8 Å². The van der Waals surface area contributed by atoms with Gasteiger partial charge in [-0.2, -0.15) is 4.31 Å². The van der Waals surface area contributed by atoms with Gasteiger partial charge in [0, 0.05) is 13.1 Å². The van der Waals surface area contributed by atoms with Crippen molar-refractivity contribution >= 4 is 28.0 Å². The van der Waals surface area contributed by atoms with Crippen LogP contribution in [0.15, 0.2) is 89.8 Å². The summed E-state index contributed by atoms with van der Waals surface area (Å²) in [5, 5.41) is 11.7. The number of carbonyl (C=O) groups is 1. The summed E-state index contributed by atoms with van der Waals surface area (Å²) in [5.74, 6) is 0.0323. The molecule has 3 aromatic carbocycles. The van der Waals surface area contributed by atoms with E-state index in [1.54, 1.807) is 81.0 Å². The van der Waals surface area contributed by atoms with Crippen LogP contribution in [0.5, 0.6) is 11.5 Å². The van der Waals surface area contributed by atoms with Gasteiger partial charge in [0.25, 0.3) is 0 Å². The van der Waals surface area contributed by atoms with Crippen molar-refractivity contribution in [3.8, 4) is 11.5 Å². The Morgan fingerprint density at radius 1 is 0.897 bits per heavy atom. The summed E-state index contributed by atoms with van der Waals surface area (Å²) < 4.78 is 38.5. The van der Waals surface area contributed by atoms with Crippen molar-refractivity contribution in [2.24, 2.45) is 5.92 Å². The van der Waals surface area contributed by atoms with Gasteiger partial charge < -0.3 is 14.6 Å². The standard InChI is InChI=1S/C31H33NO6S/c1-23-4-15-28(16-5-23)39(35,36)32-21-20-31(34,19-18-25-8-13-27(38-3)14-9-25)29(22-32)30(33)17-10-24-6-11-26(37-2)12-7-24/h4-19,29,34H,20-22H2,1-3H3/b17-10+,19-18+/t29-,31-/m0/s1. The van der Waals surface area contributed by atoms with Gasteiger partial charge in [0.1, 0.15) is 11.5 Å². The van der Waals surface area contributed by atoms with Crippen molar-refractivity contribution in [3.05, 3.63) is 102 Å². The minimum Gasteiger partial charge on any atom is -0.497 e. The lowest BCUT2D eigenvalue weighted by Gasteiger charge is -2.41. The number of hydrogen-bond donors (Lipinski definition) is 1. The Labute approximate surface area is 230 Å². The molecule has 0 bridgehead atoms. The van der Waals surface area contributed by atoms with Crippen LogP contribution in [0.1, 0.15) is 23.1 Å². The van der Waals surface area contributed by atoms with E-state index in [1.165, 1.54) is 10.4 Å². The van der Waals surface area contributed by atoms with Crippen LogP contribution in [0, 0.1) is 12.8 Å². The molecule has 0 amide bonds. The normalized spacial score (nSPS) is 20.4. The number of carbonyl (C=O) groups excluding carboxylic acids is 1.